The van der Waals surface area contributed by atoms with Crippen molar-refractivity contribution in [2.75, 3.05) is 11.9 Å². The van der Waals surface area contributed by atoms with Crippen LogP contribution in [0, 0.1) is 18.3 Å². The first kappa shape index (κ1) is 17.2. The summed E-state index contributed by atoms with van der Waals surface area (Å²) in [6.07, 6.45) is 2.40. The van der Waals surface area contributed by atoms with Crippen LogP contribution in [0.5, 0.6) is 5.75 Å². The molecular formula is C19H19N3O2. The van der Waals surface area contributed by atoms with E-state index in [1.54, 1.807) is 18.2 Å². The van der Waals surface area contributed by atoms with Crippen molar-refractivity contribution in [2.24, 2.45) is 0 Å². The normalized spacial score (nSPS) is 10.8. The topological polar surface area (TPSA) is 75.0 Å². The van der Waals surface area contributed by atoms with Crippen molar-refractivity contribution in [3.8, 4) is 11.8 Å². The first-order valence-electron chi connectivity index (χ1n) is 7.72. The highest BCUT2D eigenvalue weighted by Crippen LogP contribution is 2.21. The Balaban J connectivity index is 2.23. The van der Waals surface area contributed by atoms with Gasteiger partial charge in [-0.3, -0.25) is 4.79 Å². The third kappa shape index (κ3) is 4.68. The summed E-state index contributed by atoms with van der Waals surface area (Å²) in [7, 11) is 0. The quantitative estimate of drug-likeness (QED) is 0.650. The number of carbonyl (C=O) groups is 1. The maximum absolute atomic E-state index is 12.3. The highest BCUT2D eigenvalue weighted by atomic mass is 16.5. The number of hydrogen-bond donors (Lipinski definition) is 1. The van der Waals surface area contributed by atoms with E-state index in [2.05, 4.69) is 10.3 Å². The van der Waals surface area contributed by atoms with Gasteiger partial charge in [-0.15, -0.1) is 0 Å². The Morgan fingerprint density at radius 3 is 2.79 bits per heavy atom. The Labute approximate surface area is 141 Å². The van der Waals surface area contributed by atoms with Crippen LogP contribution >= 0.6 is 0 Å². The summed E-state index contributed by atoms with van der Waals surface area (Å²) in [6, 6.07) is 14.5. The summed E-state index contributed by atoms with van der Waals surface area (Å²) < 4.78 is 5.65. The molecule has 0 aliphatic carbocycles. The smallest absolute Gasteiger partial charge is 0.267 e. The first-order chi connectivity index (χ1) is 11.6. The van der Waals surface area contributed by atoms with Crippen molar-refractivity contribution in [3.63, 3.8) is 0 Å². The molecule has 0 saturated heterocycles. The van der Waals surface area contributed by atoms with Crippen molar-refractivity contribution in [3.05, 3.63) is 59.3 Å². The van der Waals surface area contributed by atoms with E-state index in [0.29, 0.717) is 23.7 Å². The molecule has 0 unspecified atom stereocenters. The van der Waals surface area contributed by atoms with E-state index in [1.165, 1.54) is 6.08 Å². The number of pyridine rings is 1. The van der Waals surface area contributed by atoms with E-state index in [9.17, 15) is 10.1 Å². The molecule has 0 saturated carbocycles. The van der Waals surface area contributed by atoms with Crippen molar-refractivity contribution in [2.45, 2.75) is 20.3 Å². The van der Waals surface area contributed by atoms with Crippen LogP contribution in [-0.4, -0.2) is 17.5 Å². The molecule has 0 bridgehead atoms. The number of rotatable bonds is 6. The van der Waals surface area contributed by atoms with E-state index in [-0.39, 0.29) is 5.57 Å². The SMILES string of the molecule is CCCOc1ccccc1/C=C(\C#N)C(=O)Nc1cccc(C)n1. The highest BCUT2D eigenvalue weighted by molar-refractivity contribution is 6.09. The first-order valence-corrected chi connectivity index (χ1v) is 7.72. The fourth-order valence-corrected chi connectivity index (χ4v) is 2.04. The van der Waals surface area contributed by atoms with Gasteiger partial charge in [-0.05, 0) is 37.6 Å². The summed E-state index contributed by atoms with van der Waals surface area (Å²) in [5, 5.41) is 12.0. The van der Waals surface area contributed by atoms with Gasteiger partial charge in [0.1, 0.15) is 23.2 Å². The summed E-state index contributed by atoms with van der Waals surface area (Å²) in [5.41, 5.74) is 1.47. The van der Waals surface area contributed by atoms with Gasteiger partial charge >= 0.3 is 0 Å². The molecule has 0 aliphatic rings. The number of benzene rings is 1. The van der Waals surface area contributed by atoms with E-state index in [4.69, 9.17) is 4.74 Å². The van der Waals surface area contributed by atoms with Crippen LogP contribution in [0.3, 0.4) is 0 Å². The van der Waals surface area contributed by atoms with Gasteiger partial charge in [-0.1, -0.05) is 31.2 Å². The van der Waals surface area contributed by atoms with Crippen molar-refractivity contribution < 1.29 is 9.53 Å². The Morgan fingerprint density at radius 1 is 1.29 bits per heavy atom. The lowest BCUT2D eigenvalue weighted by molar-refractivity contribution is -0.112. The number of anilines is 1. The van der Waals surface area contributed by atoms with Crippen molar-refractivity contribution in [1.82, 2.24) is 4.98 Å². The minimum atomic E-state index is -0.499. The molecule has 1 heterocycles. The zero-order valence-electron chi connectivity index (χ0n) is 13.7. The van der Waals surface area contributed by atoms with Crippen molar-refractivity contribution >= 4 is 17.8 Å². The fourth-order valence-electron chi connectivity index (χ4n) is 2.04. The maximum atomic E-state index is 12.3. The van der Waals surface area contributed by atoms with Gasteiger partial charge in [0.05, 0.1) is 6.61 Å². The van der Waals surface area contributed by atoms with Gasteiger partial charge in [-0.2, -0.15) is 5.26 Å². The predicted molar refractivity (Wildman–Crippen MR) is 93.4 cm³/mol. The molecule has 5 heteroatoms. The second kappa shape index (κ2) is 8.49. The summed E-state index contributed by atoms with van der Waals surface area (Å²) in [6.45, 7) is 4.42. The van der Waals surface area contributed by atoms with Gasteiger partial charge in [0.2, 0.25) is 0 Å². The predicted octanol–water partition coefficient (Wildman–Crippen LogP) is 3.72. The molecule has 1 N–H and O–H groups in total. The number of nitrogens with one attached hydrogen (secondary N) is 1. The molecule has 0 aliphatic heterocycles. The zero-order valence-corrected chi connectivity index (χ0v) is 13.7. The summed E-state index contributed by atoms with van der Waals surface area (Å²) in [4.78, 5) is 16.5. The number of aromatic nitrogens is 1. The van der Waals surface area contributed by atoms with E-state index in [1.807, 2.05) is 44.2 Å². The number of aryl methyl sites for hydroxylation is 1. The highest BCUT2D eigenvalue weighted by Gasteiger charge is 2.11. The van der Waals surface area contributed by atoms with Crippen LogP contribution in [0.15, 0.2) is 48.0 Å². The summed E-state index contributed by atoms with van der Waals surface area (Å²) in [5.74, 6) is 0.561. The van der Waals surface area contributed by atoms with Crippen LogP contribution in [0.25, 0.3) is 6.08 Å². The number of carbonyl (C=O) groups excluding carboxylic acids is 1. The average molecular weight is 321 g/mol. The number of nitriles is 1. The Kier molecular flexibility index (Phi) is 6.09. The van der Waals surface area contributed by atoms with Gasteiger partial charge in [0.25, 0.3) is 5.91 Å². The molecule has 24 heavy (non-hydrogen) atoms. The van der Waals surface area contributed by atoms with Gasteiger partial charge in [0.15, 0.2) is 0 Å². The molecule has 2 aromatic rings. The molecule has 5 nitrogen and oxygen atoms in total. The Morgan fingerprint density at radius 2 is 2.08 bits per heavy atom. The fraction of sp³-hybridized carbons (Fsp3) is 0.211. The van der Waals surface area contributed by atoms with Gasteiger partial charge in [-0.25, -0.2) is 4.98 Å². The minimum Gasteiger partial charge on any atom is -0.493 e. The lowest BCUT2D eigenvalue weighted by atomic mass is 10.1. The molecular weight excluding hydrogens is 302 g/mol. The molecule has 1 aromatic carbocycles. The van der Waals surface area contributed by atoms with E-state index < -0.39 is 5.91 Å². The molecule has 2 rings (SSSR count). The second-order valence-electron chi connectivity index (χ2n) is 5.17. The summed E-state index contributed by atoms with van der Waals surface area (Å²) >= 11 is 0. The Bertz CT molecular complexity index is 791. The minimum absolute atomic E-state index is 0.00847. The van der Waals surface area contributed by atoms with Crippen LogP contribution in [0.2, 0.25) is 0 Å². The third-order valence-corrected chi connectivity index (χ3v) is 3.18. The number of hydrogen-bond acceptors (Lipinski definition) is 4. The van der Waals surface area contributed by atoms with Gasteiger partial charge < -0.3 is 10.1 Å². The molecule has 0 atom stereocenters. The molecule has 0 fully saturated rings. The number of ether oxygens (including phenoxy) is 1. The molecule has 122 valence electrons. The maximum Gasteiger partial charge on any atom is 0.267 e. The number of amides is 1. The van der Waals surface area contributed by atoms with Crippen molar-refractivity contribution in [1.29, 1.82) is 5.26 Å². The van der Waals surface area contributed by atoms with Crippen LogP contribution in [-0.2, 0) is 4.79 Å². The van der Waals surface area contributed by atoms with Gasteiger partial charge in [0, 0.05) is 11.3 Å². The zero-order chi connectivity index (χ0) is 17.4. The van der Waals surface area contributed by atoms with E-state index in [0.717, 1.165) is 12.1 Å². The standard InChI is InChI=1S/C19H19N3O2/c1-3-11-24-17-9-5-4-8-15(17)12-16(13-20)19(23)22-18-10-6-7-14(2)21-18/h4-10,12H,3,11H2,1-2H3,(H,21,22,23)/b16-12+. The monoisotopic (exact) mass is 321 g/mol. The average Bonchev–Trinajstić information content (AvgIpc) is 2.58. The lowest BCUT2D eigenvalue weighted by Gasteiger charge is -2.08. The molecule has 0 spiro atoms. The largest absolute Gasteiger partial charge is 0.493 e. The lowest BCUT2D eigenvalue weighted by Crippen LogP contribution is -2.14. The molecule has 1 amide bonds. The number of nitrogens with zero attached hydrogens (tertiary/aromatic N) is 2. The van der Waals surface area contributed by atoms with E-state index >= 15 is 0 Å². The van der Waals surface area contributed by atoms with Crippen LogP contribution < -0.4 is 10.1 Å². The third-order valence-electron chi connectivity index (χ3n) is 3.18. The molecule has 0 radical (unpaired) electrons. The second-order valence-corrected chi connectivity index (χ2v) is 5.17. The molecule has 1 aromatic heterocycles. The van der Waals surface area contributed by atoms with Crippen LogP contribution in [0.1, 0.15) is 24.6 Å². The number of para-hydroxylation sites is 1. The van der Waals surface area contributed by atoms with Crippen LogP contribution in [0.4, 0.5) is 5.82 Å². The Hall–Kier alpha value is -3.13.